The quantitative estimate of drug-likeness (QED) is 0.674. The molecule has 1 atom stereocenters. The van der Waals surface area contributed by atoms with Crippen molar-refractivity contribution in [2.75, 3.05) is 16.8 Å². The Morgan fingerprint density at radius 2 is 1.96 bits per heavy atom. The van der Waals surface area contributed by atoms with Gasteiger partial charge in [0.05, 0.1) is 11.9 Å². The zero-order valence-electron chi connectivity index (χ0n) is 15.4. The van der Waals surface area contributed by atoms with Crippen LogP contribution in [0.25, 0.3) is 0 Å². The van der Waals surface area contributed by atoms with Gasteiger partial charge in [0, 0.05) is 16.8 Å². The minimum absolute atomic E-state index is 0.0834. The first-order valence-corrected chi connectivity index (χ1v) is 9.49. The van der Waals surface area contributed by atoms with Gasteiger partial charge in [0.15, 0.2) is 6.61 Å². The number of aromatic nitrogens is 1. The maximum Gasteiger partial charge on any atom is 0.262 e. The van der Waals surface area contributed by atoms with Crippen LogP contribution in [0.4, 0.5) is 17.2 Å². The van der Waals surface area contributed by atoms with Crippen molar-refractivity contribution in [1.82, 2.24) is 4.98 Å². The van der Waals surface area contributed by atoms with Crippen LogP contribution in [0.5, 0.6) is 5.75 Å². The highest BCUT2D eigenvalue weighted by molar-refractivity contribution is 6.30. The summed E-state index contributed by atoms with van der Waals surface area (Å²) in [5.41, 5.74) is 3.15. The molecule has 6 heteroatoms. The fraction of sp³-hybridized carbons (Fsp3) is 0.182. The molecule has 1 amide bonds. The third-order valence-electron chi connectivity index (χ3n) is 4.67. The summed E-state index contributed by atoms with van der Waals surface area (Å²) in [6, 6.07) is 19.4. The van der Waals surface area contributed by atoms with Crippen LogP contribution in [0.2, 0.25) is 5.02 Å². The van der Waals surface area contributed by atoms with Gasteiger partial charge in [-0.2, -0.15) is 0 Å². The van der Waals surface area contributed by atoms with Crippen molar-refractivity contribution in [2.45, 2.75) is 19.4 Å². The first-order chi connectivity index (χ1) is 13.6. The van der Waals surface area contributed by atoms with E-state index in [1.807, 2.05) is 18.2 Å². The second kappa shape index (κ2) is 7.90. The molecule has 1 N–H and O–H groups in total. The maximum atomic E-state index is 12.1. The highest BCUT2D eigenvalue weighted by atomic mass is 35.5. The molecule has 5 nitrogen and oxygen atoms in total. The number of ether oxygens (including phenoxy) is 1. The number of benzene rings is 2. The average Bonchev–Trinajstić information content (AvgIpc) is 3.04. The van der Waals surface area contributed by atoms with Crippen LogP contribution in [-0.2, 0) is 11.2 Å². The van der Waals surface area contributed by atoms with Gasteiger partial charge in [-0.1, -0.05) is 29.8 Å². The third-order valence-corrected chi connectivity index (χ3v) is 4.92. The van der Waals surface area contributed by atoms with Gasteiger partial charge in [0.1, 0.15) is 11.6 Å². The summed E-state index contributed by atoms with van der Waals surface area (Å²) >= 11 is 5.83. The van der Waals surface area contributed by atoms with Crippen LogP contribution in [0.15, 0.2) is 66.9 Å². The number of carbonyl (C=O) groups is 1. The van der Waals surface area contributed by atoms with Gasteiger partial charge in [0.2, 0.25) is 0 Å². The summed E-state index contributed by atoms with van der Waals surface area (Å²) in [5, 5.41) is 3.42. The van der Waals surface area contributed by atoms with Crippen molar-refractivity contribution in [3.8, 4) is 5.75 Å². The molecule has 28 heavy (non-hydrogen) atoms. The highest BCUT2D eigenvalue weighted by Crippen LogP contribution is 2.37. The van der Waals surface area contributed by atoms with Crippen molar-refractivity contribution < 1.29 is 9.53 Å². The third kappa shape index (κ3) is 3.94. The Balaban J connectivity index is 1.38. The molecule has 3 aromatic rings. The predicted octanol–water partition coefficient (Wildman–Crippen LogP) is 4.84. The zero-order valence-corrected chi connectivity index (χ0v) is 16.2. The minimum atomic E-state index is -0.246. The molecule has 0 fully saturated rings. The molecule has 0 radical (unpaired) electrons. The van der Waals surface area contributed by atoms with E-state index in [1.54, 1.807) is 30.5 Å². The monoisotopic (exact) mass is 393 g/mol. The van der Waals surface area contributed by atoms with E-state index in [4.69, 9.17) is 16.3 Å². The SMILES string of the molecule is CC1Cc2ccccc2N1c1ccc(NC(=O)COc2ccc(Cl)cc2)cn1. The molecule has 4 rings (SSSR count). The standard InChI is InChI=1S/C22H20ClN3O2/c1-15-12-16-4-2-3-5-20(16)26(15)21-11-8-18(13-24-21)25-22(27)14-28-19-9-6-17(23)7-10-19/h2-11,13,15H,12,14H2,1H3,(H,25,27). The second-order valence-corrected chi connectivity index (χ2v) is 7.18. The lowest BCUT2D eigenvalue weighted by Gasteiger charge is -2.24. The topological polar surface area (TPSA) is 54.5 Å². The summed E-state index contributed by atoms with van der Waals surface area (Å²) in [5.74, 6) is 1.21. The largest absolute Gasteiger partial charge is 0.484 e. The summed E-state index contributed by atoms with van der Waals surface area (Å²) in [4.78, 5) is 18.9. The Labute approximate surface area is 168 Å². The first kappa shape index (κ1) is 18.3. The Kier molecular flexibility index (Phi) is 5.17. The number of pyridine rings is 1. The fourth-order valence-corrected chi connectivity index (χ4v) is 3.52. The van der Waals surface area contributed by atoms with E-state index in [-0.39, 0.29) is 12.5 Å². The number of nitrogens with zero attached hydrogens (tertiary/aromatic N) is 2. The Hall–Kier alpha value is -3.05. The van der Waals surface area contributed by atoms with E-state index >= 15 is 0 Å². The van der Waals surface area contributed by atoms with Crippen LogP contribution >= 0.6 is 11.6 Å². The van der Waals surface area contributed by atoms with Gasteiger partial charge in [-0.15, -0.1) is 0 Å². The number of para-hydroxylation sites is 1. The number of rotatable bonds is 5. The molecule has 0 spiro atoms. The van der Waals surface area contributed by atoms with Gasteiger partial charge in [0.25, 0.3) is 5.91 Å². The second-order valence-electron chi connectivity index (χ2n) is 6.75. The molecule has 0 bridgehead atoms. The number of nitrogens with one attached hydrogen (secondary N) is 1. The van der Waals surface area contributed by atoms with Gasteiger partial charge in [-0.25, -0.2) is 4.98 Å². The number of anilines is 3. The van der Waals surface area contributed by atoms with Crippen molar-refractivity contribution >= 4 is 34.7 Å². The Bertz CT molecular complexity index is 974. The summed E-state index contributed by atoms with van der Waals surface area (Å²) in [6.45, 7) is 2.10. The number of halogens is 1. The summed E-state index contributed by atoms with van der Waals surface area (Å²) in [6.07, 6.45) is 2.67. The number of hydrogen-bond acceptors (Lipinski definition) is 4. The van der Waals surface area contributed by atoms with Crippen LogP contribution in [-0.4, -0.2) is 23.5 Å². The molecule has 0 saturated carbocycles. The molecule has 142 valence electrons. The molecule has 1 unspecified atom stereocenters. The molecular weight excluding hydrogens is 374 g/mol. The predicted molar refractivity (Wildman–Crippen MR) is 112 cm³/mol. The van der Waals surface area contributed by atoms with Crippen molar-refractivity contribution in [3.05, 3.63) is 77.4 Å². The molecule has 2 aromatic carbocycles. The summed E-state index contributed by atoms with van der Waals surface area (Å²) in [7, 11) is 0. The number of fused-ring (bicyclic) bond motifs is 1. The molecular formula is C22H20ClN3O2. The van der Waals surface area contributed by atoms with Crippen molar-refractivity contribution in [1.29, 1.82) is 0 Å². The molecule has 1 aliphatic heterocycles. The van der Waals surface area contributed by atoms with Crippen molar-refractivity contribution in [2.24, 2.45) is 0 Å². The first-order valence-electron chi connectivity index (χ1n) is 9.11. The zero-order chi connectivity index (χ0) is 19.5. The van der Waals surface area contributed by atoms with Crippen LogP contribution < -0.4 is 15.0 Å². The number of carbonyl (C=O) groups excluding carboxylic acids is 1. The van der Waals surface area contributed by atoms with Gasteiger partial charge in [-0.05, 0) is 61.4 Å². The van der Waals surface area contributed by atoms with Gasteiger partial charge >= 0.3 is 0 Å². The number of amides is 1. The lowest BCUT2D eigenvalue weighted by atomic mass is 10.1. The molecule has 2 heterocycles. The Morgan fingerprint density at radius 1 is 1.18 bits per heavy atom. The van der Waals surface area contributed by atoms with E-state index in [2.05, 4.69) is 40.3 Å². The van der Waals surface area contributed by atoms with Crippen LogP contribution in [0, 0.1) is 0 Å². The summed E-state index contributed by atoms with van der Waals surface area (Å²) < 4.78 is 5.45. The average molecular weight is 394 g/mol. The maximum absolute atomic E-state index is 12.1. The van der Waals surface area contributed by atoms with E-state index in [0.717, 1.165) is 12.2 Å². The lowest BCUT2D eigenvalue weighted by molar-refractivity contribution is -0.118. The molecule has 1 aliphatic rings. The normalized spacial score (nSPS) is 15.2. The lowest BCUT2D eigenvalue weighted by Crippen LogP contribution is -2.25. The van der Waals surface area contributed by atoms with Gasteiger partial charge < -0.3 is 15.0 Å². The van der Waals surface area contributed by atoms with E-state index in [0.29, 0.717) is 22.5 Å². The van der Waals surface area contributed by atoms with E-state index in [9.17, 15) is 4.79 Å². The Morgan fingerprint density at radius 3 is 2.71 bits per heavy atom. The highest BCUT2D eigenvalue weighted by Gasteiger charge is 2.27. The molecule has 1 aromatic heterocycles. The van der Waals surface area contributed by atoms with E-state index < -0.39 is 0 Å². The molecule has 0 aliphatic carbocycles. The number of hydrogen-bond donors (Lipinski definition) is 1. The van der Waals surface area contributed by atoms with E-state index in [1.165, 1.54) is 11.3 Å². The van der Waals surface area contributed by atoms with Crippen molar-refractivity contribution in [3.63, 3.8) is 0 Å². The van der Waals surface area contributed by atoms with Gasteiger partial charge in [-0.3, -0.25) is 4.79 Å². The molecule has 0 saturated heterocycles. The minimum Gasteiger partial charge on any atom is -0.484 e. The fourth-order valence-electron chi connectivity index (χ4n) is 3.39. The smallest absolute Gasteiger partial charge is 0.262 e. The van der Waals surface area contributed by atoms with Crippen LogP contribution in [0.1, 0.15) is 12.5 Å². The van der Waals surface area contributed by atoms with Crippen LogP contribution in [0.3, 0.4) is 0 Å².